The second-order valence-corrected chi connectivity index (χ2v) is 8.13. The zero-order chi connectivity index (χ0) is 20.7. The predicted octanol–water partition coefficient (Wildman–Crippen LogP) is 2.80. The van der Waals surface area contributed by atoms with E-state index in [0.29, 0.717) is 12.1 Å². The summed E-state index contributed by atoms with van der Waals surface area (Å²) in [5.74, 6) is -1.05. The molecule has 1 unspecified atom stereocenters. The molecule has 5 rings (SSSR count). The number of hydrogen-bond donors (Lipinski definition) is 2. The number of ether oxygens (including phenoxy) is 1. The topological polar surface area (TPSA) is 107 Å². The van der Waals surface area contributed by atoms with Crippen molar-refractivity contribution in [3.63, 3.8) is 0 Å². The minimum absolute atomic E-state index is 0.0162. The van der Waals surface area contributed by atoms with Gasteiger partial charge in [-0.1, -0.05) is 6.07 Å². The van der Waals surface area contributed by atoms with Crippen molar-refractivity contribution in [2.24, 2.45) is 0 Å². The molecule has 1 aromatic carbocycles. The van der Waals surface area contributed by atoms with Crippen LogP contribution in [0.3, 0.4) is 0 Å². The Morgan fingerprint density at radius 1 is 1.13 bits per heavy atom. The first-order valence-electron chi connectivity index (χ1n) is 10.4. The molecular weight excluding hydrogens is 382 g/mol. The van der Waals surface area contributed by atoms with Gasteiger partial charge in [-0.05, 0) is 43.0 Å². The van der Waals surface area contributed by atoms with E-state index in [1.54, 1.807) is 12.3 Å². The van der Waals surface area contributed by atoms with E-state index in [9.17, 15) is 9.90 Å². The summed E-state index contributed by atoms with van der Waals surface area (Å²) in [7, 11) is 0. The summed E-state index contributed by atoms with van der Waals surface area (Å²) in [4.78, 5) is 18.0. The van der Waals surface area contributed by atoms with Gasteiger partial charge in [0.1, 0.15) is 11.4 Å². The summed E-state index contributed by atoms with van der Waals surface area (Å²) in [6.45, 7) is 3.86. The number of aromatic carboxylic acids is 1. The van der Waals surface area contributed by atoms with Gasteiger partial charge in [0, 0.05) is 55.7 Å². The van der Waals surface area contributed by atoms with Gasteiger partial charge in [-0.2, -0.15) is 5.10 Å². The van der Waals surface area contributed by atoms with Crippen LogP contribution in [0.1, 0.15) is 35.7 Å². The maximum atomic E-state index is 11.4. The average molecular weight is 407 g/mol. The van der Waals surface area contributed by atoms with Gasteiger partial charge in [0.25, 0.3) is 0 Å². The van der Waals surface area contributed by atoms with Crippen LogP contribution in [0, 0.1) is 0 Å². The molecule has 2 aliphatic rings. The zero-order valence-corrected chi connectivity index (χ0v) is 16.7. The van der Waals surface area contributed by atoms with Crippen molar-refractivity contribution in [1.82, 2.24) is 19.7 Å². The third kappa shape index (κ3) is 3.53. The molecule has 0 spiro atoms. The molecule has 2 aromatic heterocycles. The molecule has 0 radical (unpaired) electrons. The lowest BCUT2D eigenvalue weighted by molar-refractivity contribution is 0.0412. The van der Waals surface area contributed by atoms with Gasteiger partial charge in [0.15, 0.2) is 0 Å². The Kier molecular flexibility index (Phi) is 4.88. The molecular formula is C22H25N5O3. The molecule has 0 saturated carbocycles. The molecule has 1 atom stereocenters. The lowest BCUT2D eigenvalue weighted by atomic mass is 10.0. The van der Waals surface area contributed by atoms with Gasteiger partial charge in [-0.25, -0.2) is 9.78 Å². The molecule has 0 amide bonds. The number of carboxylic acids is 1. The van der Waals surface area contributed by atoms with E-state index in [2.05, 4.69) is 20.8 Å². The first-order chi connectivity index (χ1) is 14.6. The average Bonchev–Trinajstić information content (AvgIpc) is 3.41. The van der Waals surface area contributed by atoms with Gasteiger partial charge < -0.3 is 15.6 Å². The SMILES string of the molecule is Nc1ncc(-c2ccc3nn(C4CCN(C5CCOCC5)C4)cc3c2)cc1C(=O)O. The fourth-order valence-corrected chi connectivity index (χ4v) is 4.58. The first kappa shape index (κ1) is 19.0. The highest BCUT2D eigenvalue weighted by molar-refractivity contribution is 5.94. The largest absolute Gasteiger partial charge is 0.478 e. The minimum Gasteiger partial charge on any atom is -0.478 e. The number of rotatable bonds is 4. The van der Waals surface area contributed by atoms with Crippen LogP contribution >= 0.6 is 0 Å². The minimum atomic E-state index is -1.08. The number of carboxylic acid groups (broad SMARTS) is 1. The Bertz CT molecular complexity index is 1090. The Morgan fingerprint density at radius 3 is 2.77 bits per heavy atom. The van der Waals surface area contributed by atoms with Crippen molar-refractivity contribution in [3.8, 4) is 11.1 Å². The third-order valence-electron chi connectivity index (χ3n) is 6.28. The maximum absolute atomic E-state index is 11.4. The summed E-state index contributed by atoms with van der Waals surface area (Å²) >= 11 is 0. The highest BCUT2D eigenvalue weighted by Crippen LogP contribution is 2.30. The molecule has 2 fully saturated rings. The summed E-state index contributed by atoms with van der Waals surface area (Å²) in [5.41, 5.74) is 8.25. The standard InChI is InChI=1S/C22H25N5O3/c23-21-19(22(28)29)10-15(11-24-21)14-1-2-20-16(9-14)12-27(25-20)18-3-6-26(13-18)17-4-7-30-8-5-17/h1-2,9-12,17-18H,3-8,13H2,(H2,23,24)(H,28,29). The highest BCUT2D eigenvalue weighted by Gasteiger charge is 2.30. The highest BCUT2D eigenvalue weighted by atomic mass is 16.5. The van der Waals surface area contributed by atoms with Crippen molar-refractivity contribution >= 4 is 22.7 Å². The quantitative estimate of drug-likeness (QED) is 0.685. The summed E-state index contributed by atoms with van der Waals surface area (Å²) < 4.78 is 7.59. The smallest absolute Gasteiger partial charge is 0.339 e. The molecule has 4 heterocycles. The van der Waals surface area contributed by atoms with Crippen LogP contribution in [-0.2, 0) is 4.74 Å². The number of fused-ring (bicyclic) bond motifs is 1. The molecule has 30 heavy (non-hydrogen) atoms. The number of aromatic nitrogens is 3. The van der Waals surface area contributed by atoms with Crippen molar-refractivity contribution in [3.05, 3.63) is 42.2 Å². The Labute approximate surface area is 174 Å². The van der Waals surface area contributed by atoms with Crippen molar-refractivity contribution < 1.29 is 14.6 Å². The number of nitrogen functional groups attached to an aromatic ring is 1. The lowest BCUT2D eigenvalue weighted by Crippen LogP contribution is -2.38. The van der Waals surface area contributed by atoms with E-state index >= 15 is 0 Å². The van der Waals surface area contributed by atoms with Crippen LogP contribution in [0.2, 0.25) is 0 Å². The van der Waals surface area contributed by atoms with Gasteiger partial charge >= 0.3 is 5.97 Å². The molecule has 0 bridgehead atoms. The number of likely N-dealkylation sites (tertiary alicyclic amines) is 1. The summed E-state index contributed by atoms with van der Waals surface area (Å²) in [6.07, 6.45) is 7.04. The predicted molar refractivity (Wildman–Crippen MR) is 113 cm³/mol. The number of anilines is 1. The van der Waals surface area contributed by atoms with Crippen LogP contribution in [-0.4, -0.2) is 63.1 Å². The Balaban J connectivity index is 1.38. The molecule has 0 aliphatic carbocycles. The van der Waals surface area contributed by atoms with Crippen LogP contribution < -0.4 is 5.73 Å². The van der Waals surface area contributed by atoms with E-state index in [-0.39, 0.29) is 11.4 Å². The molecule has 3 N–H and O–H groups in total. The van der Waals surface area contributed by atoms with Crippen LogP contribution in [0.5, 0.6) is 0 Å². The zero-order valence-electron chi connectivity index (χ0n) is 16.7. The number of carbonyl (C=O) groups is 1. The van der Waals surface area contributed by atoms with E-state index in [1.807, 2.05) is 18.2 Å². The molecule has 156 valence electrons. The number of nitrogens with zero attached hydrogens (tertiary/aromatic N) is 4. The van der Waals surface area contributed by atoms with Crippen LogP contribution in [0.15, 0.2) is 36.7 Å². The second kappa shape index (κ2) is 7.70. The Hall–Kier alpha value is -2.97. The number of hydrogen-bond acceptors (Lipinski definition) is 6. The van der Waals surface area contributed by atoms with E-state index in [1.165, 1.54) is 0 Å². The molecule has 2 aliphatic heterocycles. The maximum Gasteiger partial charge on any atom is 0.339 e. The van der Waals surface area contributed by atoms with Crippen molar-refractivity contribution in [1.29, 1.82) is 0 Å². The number of pyridine rings is 1. The first-order valence-corrected chi connectivity index (χ1v) is 10.4. The Morgan fingerprint density at radius 2 is 1.97 bits per heavy atom. The summed E-state index contributed by atoms with van der Waals surface area (Å²) in [6, 6.07) is 8.52. The van der Waals surface area contributed by atoms with E-state index in [0.717, 1.165) is 67.6 Å². The fourth-order valence-electron chi connectivity index (χ4n) is 4.58. The molecule has 3 aromatic rings. The molecule has 8 heteroatoms. The van der Waals surface area contributed by atoms with Gasteiger partial charge in [-0.15, -0.1) is 0 Å². The number of benzene rings is 1. The fraction of sp³-hybridized carbons (Fsp3) is 0.409. The molecule has 2 saturated heterocycles. The third-order valence-corrected chi connectivity index (χ3v) is 6.28. The monoisotopic (exact) mass is 407 g/mol. The van der Waals surface area contributed by atoms with E-state index in [4.69, 9.17) is 15.6 Å². The van der Waals surface area contributed by atoms with E-state index < -0.39 is 5.97 Å². The van der Waals surface area contributed by atoms with Crippen LogP contribution in [0.4, 0.5) is 5.82 Å². The van der Waals surface area contributed by atoms with Crippen molar-refractivity contribution in [2.45, 2.75) is 31.3 Å². The second-order valence-electron chi connectivity index (χ2n) is 8.13. The van der Waals surface area contributed by atoms with Gasteiger partial charge in [0.05, 0.1) is 11.6 Å². The number of nitrogens with two attached hydrogens (primary N) is 1. The molecule has 8 nitrogen and oxygen atoms in total. The van der Waals surface area contributed by atoms with Gasteiger partial charge in [0.2, 0.25) is 0 Å². The van der Waals surface area contributed by atoms with Crippen LogP contribution in [0.25, 0.3) is 22.0 Å². The lowest BCUT2D eigenvalue weighted by Gasteiger charge is -2.30. The summed E-state index contributed by atoms with van der Waals surface area (Å²) in [5, 5.41) is 15.1. The van der Waals surface area contributed by atoms with Crippen molar-refractivity contribution in [2.75, 3.05) is 32.0 Å². The van der Waals surface area contributed by atoms with Gasteiger partial charge in [-0.3, -0.25) is 9.58 Å². The normalized spacial score (nSPS) is 20.7.